The van der Waals surface area contributed by atoms with Gasteiger partial charge in [0.1, 0.15) is 0 Å². The predicted molar refractivity (Wildman–Crippen MR) is 205 cm³/mol. The van der Waals surface area contributed by atoms with E-state index in [1.807, 2.05) is 0 Å². The van der Waals surface area contributed by atoms with Gasteiger partial charge in [0.15, 0.2) is 0 Å². The first-order valence-corrected chi connectivity index (χ1v) is 16.9. The van der Waals surface area contributed by atoms with Gasteiger partial charge in [0, 0.05) is 38.6 Å². The molecule has 1 aliphatic rings. The number of benzene rings is 7. The molecule has 9 rings (SSSR count). The second-order valence-electron chi connectivity index (χ2n) is 14.1. The smallest absolute Gasteiger partial charge is 0.0541 e. The van der Waals surface area contributed by atoms with E-state index in [0.29, 0.717) is 0 Å². The Kier molecular flexibility index (Phi) is 6.23. The van der Waals surface area contributed by atoms with Crippen LogP contribution in [-0.2, 0) is 5.41 Å². The van der Waals surface area contributed by atoms with Crippen LogP contribution < -0.4 is 4.90 Å². The average Bonchev–Trinajstić information content (AvgIpc) is 3.52. The molecule has 0 saturated heterocycles. The quantitative estimate of drug-likeness (QED) is 0.190. The number of hydrogen-bond donors (Lipinski definition) is 0. The molecule has 8 aromatic rings. The molecule has 0 N–H and O–H groups in total. The summed E-state index contributed by atoms with van der Waals surface area (Å²) in [6.45, 7) is 11.3. The van der Waals surface area contributed by atoms with Crippen molar-refractivity contribution in [2.24, 2.45) is 0 Å². The maximum Gasteiger partial charge on any atom is 0.0541 e. The van der Waals surface area contributed by atoms with Gasteiger partial charge in [-0.15, -0.1) is 0 Å². The molecule has 2 nitrogen and oxygen atoms in total. The summed E-state index contributed by atoms with van der Waals surface area (Å²) >= 11 is 0. The molecule has 0 fully saturated rings. The molecular weight excluding hydrogens is 581 g/mol. The molecule has 0 radical (unpaired) electrons. The maximum atomic E-state index is 2.45. The Morgan fingerprint density at radius 3 is 1.77 bits per heavy atom. The first-order chi connectivity index (χ1) is 23.3. The zero-order valence-corrected chi connectivity index (χ0v) is 28.2. The van der Waals surface area contributed by atoms with Crippen LogP contribution in [0.2, 0.25) is 0 Å². The standard InChI is InChI=1S/C46H38N2/c1-29-13-17-33(18-14-29)47(43-12-8-10-32-9-6-7-11-36(32)43)34-19-21-37-38-22-20-35(28-42(38)46(4,5)41(37)27-34)48-44-23-15-30(2)25-39(44)40-26-31(3)16-24-45(40)48/h6-28H,1-5H3. The summed E-state index contributed by atoms with van der Waals surface area (Å²) in [5.74, 6) is 0. The third-order valence-electron chi connectivity index (χ3n) is 10.5. The van der Waals surface area contributed by atoms with Gasteiger partial charge in [0.2, 0.25) is 0 Å². The minimum absolute atomic E-state index is 0.180. The molecule has 0 unspecified atom stereocenters. The molecule has 2 heteroatoms. The lowest BCUT2D eigenvalue weighted by atomic mass is 9.82. The van der Waals surface area contributed by atoms with Gasteiger partial charge in [-0.25, -0.2) is 0 Å². The van der Waals surface area contributed by atoms with Crippen LogP contribution in [0.1, 0.15) is 41.7 Å². The van der Waals surface area contributed by atoms with E-state index in [2.05, 4.69) is 184 Å². The van der Waals surface area contributed by atoms with Gasteiger partial charge in [-0.2, -0.15) is 0 Å². The van der Waals surface area contributed by atoms with E-state index in [0.717, 1.165) is 5.69 Å². The van der Waals surface area contributed by atoms with Gasteiger partial charge in [-0.05, 0) is 115 Å². The monoisotopic (exact) mass is 618 g/mol. The van der Waals surface area contributed by atoms with Crippen molar-refractivity contribution in [3.05, 3.63) is 167 Å². The van der Waals surface area contributed by atoms with Gasteiger partial charge in [0.25, 0.3) is 0 Å². The van der Waals surface area contributed by atoms with Crippen molar-refractivity contribution in [3.8, 4) is 16.8 Å². The summed E-state index contributed by atoms with van der Waals surface area (Å²) in [5.41, 5.74) is 16.2. The minimum Gasteiger partial charge on any atom is -0.310 e. The number of aryl methyl sites for hydroxylation is 3. The van der Waals surface area contributed by atoms with Crippen LogP contribution >= 0.6 is 0 Å². The molecular formula is C46H38N2. The first kappa shape index (κ1) is 28.6. The third kappa shape index (κ3) is 4.26. The zero-order chi connectivity index (χ0) is 32.7. The molecule has 0 spiro atoms. The molecule has 0 aliphatic heterocycles. The van der Waals surface area contributed by atoms with Gasteiger partial charge in [-0.3, -0.25) is 0 Å². The highest BCUT2D eigenvalue weighted by molar-refractivity contribution is 6.10. The Labute approximate surface area is 282 Å². The highest BCUT2D eigenvalue weighted by Crippen LogP contribution is 2.52. The average molecular weight is 619 g/mol. The molecule has 48 heavy (non-hydrogen) atoms. The van der Waals surface area contributed by atoms with Crippen LogP contribution in [-0.4, -0.2) is 4.57 Å². The number of nitrogens with zero attached hydrogens (tertiary/aromatic N) is 2. The molecule has 1 aromatic heterocycles. The lowest BCUT2D eigenvalue weighted by Crippen LogP contribution is -2.17. The second-order valence-corrected chi connectivity index (χ2v) is 14.1. The minimum atomic E-state index is -0.180. The van der Waals surface area contributed by atoms with Crippen LogP contribution in [0.3, 0.4) is 0 Å². The van der Waals surface area contributed by atoms with Gasteiger partial charge < -0.3 is 9.47 Å². The molecule has 7 aromatic carbocycles. The van der Waals surface area contributed by atoms with E-state index in [4.69, 9.17) is 0 Å². The summed E-state index contributed by atoms with van der Waals surface area (Å²) < 4.78 is 2.45. The summed E-state index contributed by atoms with van der Waals surface area (Å²) in [4.78, 5) is 2.43. The van der Waals surface area contributed by atoms with Crippen LogP contribution in [0.4, 0.5) is 17.1 Å². The van der Waals surface area contributed by atoms with E-state index in [1.165, 1.54) is 88.6 Å². The first-order valence-electron chi connectivity index (χ1n) is 16.9. The van der Waals surface area contributed by atoms with Crippen molar-refractivity contribution in [2.45, 2.75) is 40.0 Å². The second kappa shape index (κ2) is 10.5. The molecule has 0 saturated carbocycles. The van der Waals surface area contributed by atoms with E-state index < -0.39 is 0 Å². The summed E-state index contributed by atoms with van der Waals surface area (Å²) in [6.07, 6.45) is 0. The fourth-order valence-electron chi connectivity index (χ4n) is 8.05. The van der Waals surface area contributed by atoms with Crippen molar-refractivity contribution in [1.82, 2.24) is 4.57 Å². The van der Waals surface area contributed by atoms with Crippen molar-refractivity contribution in [2.75, 3.05) is 4.90 Å². The number of hydrogen-bond acceptors (Lipinski definition) is 1. The van der Waals surface area contributed by atoms with Crippen LogP contribution in [0, 0.1) is 20.8 Å². The molecule has 0 amide bonds. The van der Waals surface area contributed by atoms with Crippen molar-refractivity contribution >= 4 is 49.6 Å². The molecule has 0 atom stereocenters. The number of aromatic nitrogens is 1. The van der Waals surface area contributed by atoms with Crippen LogP contribution in [0.5, 0.6) is 0 Å². The Bertz CT molecular complexity index is 2500. The largest absolute Gasteiger partial charge is 0.310 e. The Hall–Kier alpha value is -5.60. The maximum absolute atomic E-state index is 2.45. The van der Waals surface area contributed by atoms with Crippen LogP contribution in [0.25, 0.3) is 49.4 Å². The van der Waals surface area contributed by atoms with Crippen molar-refractivity contribution < 1.29 is 0 Å². The molecule has 1 aliphatic carbocycles. The highest BCUT2D eigenvalue weighted by atomic mass is 15.1. The van der Waals surface area contributed by atoms with E-state index in [9.17, 15) is 0 Å². The Morgan fingerprint density at radius 2 is 1.06 bits per heavy atom. The highest BCUT2D eigenvalue weighted by Gasteiger charge is 2.36. The summed E-state index contributed by atoms with van der Waals surface area (Å²) in [6, 6.07) is 52.1. The predicted octanol–water partition coefficient (Wildman–Crippen LogP) is 12.6. The van der Waals surface area contributed by atoms with E-state index in [1.54, 1.807) is 0 Å². The van der Waals surface area contributed by atoms with Gasteiger partial charge in [0.05, 0.1) is 16.7 Å². The molecule has 1 heterocycles. The lowest BCUT2D eigenvalue weighted by Gasteiger charge is -2.29. The molecule has 0 bridgehead atoms. The topological polar surface area (TPSA) is 8.17 Å². The Balaban J connectivity index is 1.21. The lowest BCUT2D eigenvalue weighted by molar-refractivity contribution is 0.660. The normalized spacial score (nSPS) is 13.3. The van der Waals surface area contributed by atoms with E-state index in [-0.39, 0.29) is 5.41 Å². The van der Waals surface area contributed by atoms with Crippen LogP contribution in [0.15, 0.2) is 140 Å². The Morgan fingerprint density at radius 1 is 0.479 bits per heavy atom. The fourth-order valence-corrected chi connectivity index (χ4v) is 8.05. The van der Waals surface area contributed by atoms with E-state index >= 15 is 0 Å². The summed E-state index contributed by atoms with van der Waals surface area (Å²) in [5, 5.41) is 5.10. The SMILES string of the molecule is Cc1ccc(N(c2ccc3c(c2)C(C)(C)c2cc(-n4c5ccc(C)cc5c5cc(C)ccc54)ccc2-3)c2cccc3ccccc23)cc1. The number of rotatable bonds is 4. The third-order valence-corrected chi connectivity index (χ3v) is 10.5. The van der Waals surface area contributed by atoms with Crippen molar-refractivity contribution in [1.29, 1.82) is 0 Å². The number of anilines is 3. The fraction of sp³-hybridized carbons (Fsp3) is 0.130. The number of fused-ring (bicyclic) bond motifs is 7. The molecule has 232 valence electrons. The van der Waals surface area contributed by atoms with Crippen molar-refractivity contribution in [3.63, 3.8) is 0 Å². The zero-order valence-electron chi connectivity index (χ0n) is 28.2. The van der Waals surface area contributed by atoms with Gasteiger partial charge >= 0.3 is 0 Å². The summed E-state index contributed by atoms with van der Waals surface area (Å²) in [7, 11) is 0. The van der Waals surface area contributed by atoms with Gasteiger partial charge in [-0.1, -0.05) is 103 Å².